The van der Waals surface area contributed by atoms with Crippen LogP contribution in [0.1, 0.15) is 53.9 Å². The van der Waals surface area contributed by atoms with Gasteiger partial charge in [-0.1, -0.05) is 6.08 Å². The van der Waals surface area contributed by atoms with E-state index in [4.69, 9.17) is 4.74 Å². The average Bonchev–Trinajstić information content (AvgIpc) is 2.29. The second kappa shape index (κ2) is 6.93. The average molecular weight is 253 g/mol. The Hall–Kier alpha value is -0.830. The lowest BCUT2D eigenvalue weighted by Crippen LogP contribution is -2.45. The van der Waals surface area contributed by atoms with Crippen molar-refractivity contribution in [2.45, 2.75) is 72.1 Å². The Labute approximate surface area is 111 Å². The summed E-state index contributed by atoms with van der Waals surface area (Å²) in [6.45, 7) is 10.9. The lowest BCUT2D eigenvalue weighted by atomic mass is 9.94. The maximum Gasteiger partial charge on any atom is 0.252 e. The molecule has 3 heteroatoms. The molecule has 0 bridgehead atoms. The molecule has 18 heavy (non-hydrogen) atoms. The van der Waals surface area contributed by atoms with E-state index in [-0.39, 0.29) is 24.1 Å². The Bertz CT molecular complexity index is 300. The quantitative estimate of drug-likeness (QED) is 0.753. The van der Waals surface area contributed by atoms with Crippen LogP contribution in [0.2, 0.25) is 0 Å². The molecule has 0 aromatic heterocycles. The molecule has 1 aliphatic carbocycles. The molecule has 0 aromatic rings. The van der Waals surface area contributed by atoms with E-state index < -0.39 is 0 Å². The number of hydrogen-bond donors (Lipinski definition) is 0. The number of allylic oxidation sites excluding steroid dienone is 1. The third-order valence-corrected chi connectivity index (χ3v) is 3.34. The number of carbonyl (C=O) groups excluding carboxylic acids is 1. The minimum atomic E-state index is -0.00347. The van der Waals surface area contributed by atoms with Crippen LogP contribution < -0.4 is 0 Å². The van der Waals surface area contributed by atoms with Crippen LogP contribution >= 0.6 is 0 Å². The minimum Gasteiger partial charge on any atom is -0.374 e. The van der Waals surface area contributed by atoms with Crippen molar-refractivity contribution in [2.75, 3.05) is 6.61 Å². The molecule has 1 atom stereocenters. The van der Waals surface area contributed by atoms with Crippen molar-refractivity contribution < 1.29 is 9.53 Å². The molecule has 0 saturated heterocycles. The van der Waals surface area contributed by atoms with Gasteiger partial charge in [0.1, 0.15) is 0 Å². The highest BCUT2D eigenvalue weighted by Gasteiger charge is 2.29. The highest BCUT2D eigenvalue weighted by Crippen LogP contribution is 2.24. The summed E-state index contributed by atoms with van der Waals surface area (Å²) in [4.78, 5) is 14.6. The van der Waals surface area contributed by atoms with E-state index in [1.807, 2.05) is 11.8 Å². The molecule has 1 amide bonds. The van der Waals surface area contributed by atoms with E-state index >= 15 is 0 Å². The van der Waals surface area contributed by atoms with Crippen LogP contribution in [0, 0.1) is 0 Å². The highest BCUT2D eigenvalue weighted by atomic mass is 16.5. The first-order valence-electron chi connectivity index (χ1n) is 7.13. The van der Waals surface area contributed by atoms with Crippen molar-refractivity contribution in [3.05, 3.63) is 11.6 Å². The maximum absolute atomic E-state index is 12.6. The molecule has 1 unspecified atom stereocenters. The first kappa shape index (κ1) is 15.2. The van der Waals surface area contributed by atoms with E-state index in [1.54, 1.807) is 0 Å². The van der Waals surface area contributed by atoms with Gasteiger partial charge in [0, 0.05) is 24.3 Å². The Morgan fingerprint density at radius 2 is 2.00 bits per heavy atom. The van der Waals surface area contributed by atoms with Crippen molar-refractivity contribution in [2.24, 2.45) is 0 Å². The maximum atomic E-state index is 12.6. The fraction of sp³-hybridized carbons (Fsp3) is 0.800. The second-order valence-electron chi connectivity index (χ2n) is 5.43. The predicted octanol–water partition coefficient (Wildman–Crippen LogP) is 3.15. The van der Waals surface area contributed by atoms with Gasteiger partial charge in [-0.15, -0.1) is 0 Å². The zero-order valence-corrected chi connectivity index (χ0v) is 12.4. The molecule has 0 heterocycles. The van der Waals surface area contributed by atoms with Crippen LogP contribution in [0.5, 0.6) is 0 Å². The molecule has 0 saturated carbocycles. The van der Waals surface area contributed by atoms with Gasteiger partial charge in [0.05, 0.1) is 6.10 Å². The smallest absolute Gasteiger partial charge is 0.252 e. The van der Waals surface area contributed by atoms with Crippen molar-refractivity contribution in [1.29, 1.82) is 0 Å². The van der Waals surface area contributed by atoms with E-state index in [9.17, 15) is 4.79 Å². The number of amides is 1. The molecule has 104 valence electrons. The topological polar surface area (TPSA) is 29.5 Å². The summed E-state index contributed by atoms with van der Waals surface area (Å²) < 4.78 is 5.71. The summed E-state index contributed by atoms with van der Waals surface area (Å²) in [6, 6.07) is 0.449. The summed E-state index contributed by atoms with van der Waals surface area (Å²) in [5, 5.41) is 0. The predicted molar refractivity (Wildman–Crippen MR) is 74.5 cm³/mol. The molecule has 1 rings (SSSR count). The number of ether oxygens (including phenoxy) is 1. The Kier molecular flexibility index (Phi) is 5.86. The van der Waals surface area contributed by atoms with E-state index in [2.05, 4.69) is 33.8 Å². The molecular formula is C15H27NO2. The number of nitrogens with zero attached hydrogens (tertiary/aromatic N) is 1. The van der Waals surface area contributed by atoms with E-state index in [1.165, 1.54) is 0 Å². The zero-order chi connectivity index (χ0) is 13.7. The van der Waals surface area contributed by atoms with Crippen LogP contribution in [0.25, 0.3) is 0 Å². The molecule has 0 aromatic carbocycles. The molecule has 0 fully saturated rings. The van der Waals surface area contributed by atoms with Gasteiger partial charge in [-0.3, -0.25) is 4.79 Å². The standard InChI is InChI=1S/C15H27NO2/c1-6-18-14-10-8-7-9-13(14)15(17)16(11(2)3)12(4)5/h9,11-12,14H,6-8,10H2,1-5H3. The summed E-state index contributed by atoms with van der Waals surface area (Å²) in [5.74, 6) is 0.151. The van der Waals surface area contributed by atoms with Gasteiger partial charge in [0.15, 0.2) is 0 Å². The van der Waals surface area contributed by atoms with Crippen LogP contribution in [-0.2, 0) is 9.53 Å². The van der Waals surface area contributed by atoms with Gasteiger partial charge >= 0.3 is 0 Å². The van der Waals surface area contributed by atoms with Crippen LogP contribution in [0.4, 0.5) is 0 Å². The van der Waals surface area contributed by atoms with Gasteiger partial charge in [0.2, 0.25) is 0 Å². The van der Waals surface area contributed by atoms with Crippen molar-refractivity contribution in [3.8, 4) is 0 Å². The lowest BCUT2D eigenvalue weighted by Gasteiger charge is -2.34. The van der Waals surface area contributed by atoms with E-state index in [0.29, 0.717) is 6.61 Å². The van der Waals surface area contributed by atoms with E-state index in [0.717, 1.165) is 24.8 Å². The first-order chi connectivity index (χ1) is 8.49. The number of hydrogen-bond acceptors (Lipinski definition) is 2. The van der Waals surface area contributed by atoms with Crippen molar-refractivity contribution in [3.63, 3.8) is 0 Å². The van der Waals surface area contributed by atoms with Gasteiger partial charge in [0.25, 0.3) is 5.91 Å². The SMILES string of the molecule is CCOC1CCCC=C1C(=O)N(C(C)C)C(C)C. The van der Waals surface area contributed by atoms with Crippen molar-refractivity contribution >= 4 is 5.91 Å². The van der Waals surface area contributed by atoms with Crippen LogP contribution in [0.3, 0.4) is 0 Å². The van der Waals surface area contributed by atoms with Gasteiger partial charge in [-0.2, -0.15) is 0 Å². The molecule has 0 radical (unpaired) electrons. The molecule has 0 aliphatic heterocycles. The largest absolute Gasteiger partial charge is 0.374 e. The zero-order valence-electron chi connectivity index (χ0n) is 12.4. The second-order valence-corrected chi connectivity index (χ2v) is 5.43. The third-order valence-electron chi connectivity index (χ3n) is 3.34. The van der Waals surface area contributed by atoms with Gasteiger partial charge in [-0.05, 0) is 53.9 Å². The fourth-order valence-electron chi connectivity index (χ4n) is 2.66. The van der Waals surface area contributed by atoms with Crippen molar-refractivity contribution in [1.82, 2.24) is 4.90 Å². The molecule has 0 spiro atoms. The fourth-order valence-corrected chi connectivity index (χ4v) is 2.66. The molecule has 0 N–H and O–H groups in total. The monoisotopic (exact) mass is 253 g/mol. The number of carbonyl (C=O) groups is 1. The lowest BCUT2D eigenvalue weighted by molar-refractivity contribution is -0.132. The van der Waals surface area contributed by atoms with Crippen LogP contribution in [0.15, 0.2) is 11.6 Å². The summed E-state index contributed by atoms with van der Waals surface area (Å²) >= 11 is 0. The summed E-state index contributed by atoms with van der Waals surface area (Å²) in [6.07, 6.45) is 5.15. The number of rotatable bonds is 5. The normalized spacial score (nSPS) is 20.2. The van der Waals surface area contributed by atoms with Gasteiger partial charge < -0.3 is 9.64 Å². The minimum absolute atomic E-state index is 0.00347. The molecule has 1 aliphatic rings. The Morgan fingerprint density at radius 1 is 1.39 bits per heavy atom. The van der Waals surface area contributed by atoms with Crippen LogP contribution in [-0.4, -0.2) is 35.6 Å². The Balaban J connectivity index is 2.88. The summed E-state index contributed by atoms with van der Waals surface area (Å²) in [7, 11) is 0. The summed E-state index contributed by atoms with van der Waals surface area (Å²) in [5.41, 5.74) is 0.866. The first-order valence-corrected chi connectivity index (χ1v) is 7.13. The Morgan fingerprint density at radius 3 is 2.50 bits per heavy atom. The van der Waals surface area contributed by atoms with Gasteiger partial charge in [-0.25, -0.2) is 0 Å². The molecular weight excluding hydrogens is 226 g/mol. The third kappa shape index (κ3) is 3.58. The molecule has 3 nitrogen and oxygen atoms in total. The highest BCUT2D eigenvalue weighted by molar-refractivity contribution is 5.95.